The molecule has 1 atom stereocenters. The van der Waals surface area contributed by atoms with E-state index in [-0.39, 0.29) is 11.7 Å². The topological polar surface area (TPSA) is 84.4 Å². The predicted octanol–water partition coefficient (Wildman–Crippen LogP) is 3.43. The van der Waals surface area contributed by atoms with Gasteiger partial charge in [-0.15, -0.1) is 0 Å². The van der Waals surface area contributed by atoms with Crippen molar-refractivity contribution in [3.05, 3.63) is 47.8 Å². The number of ether oxygens (including phenoxy) is 1. The molecule has 8 heteroatoms. The van der Waals surface area contributed by atoms with Crippen molar-refractivity contribution in [2.24, 2.45) is 0 Å². The normalized spacial score (nSPS) is 16.4. The van der Waals surface area contributed by atoms with Crippen molar-refractivity contribution in [1.82, 2.24) is 20.4 Å². The molecule has 1 aliphatic heterocycles. The van der Waals surface area contributed by atoms with Crippen molar-refractivity contribution in [3.63, 3.8) is 0 Å². The first kappa shape index (κ1) is 22.2. The number of thioether (sulfide) groups is 1. The van der Waals surface area contributed by atoms with E-state index in [1.807, 2.05) is 25.1 Å². The quantitative estimate of drug-likeness (QED) is 0.269. The number of Topliss-reactive ketones (excluding diaryl/α,β-unsaturated/α-hetero) is 1. The monoisotopic (exact) mass is 428 g/mol. The maximum Gasteiger partial charge on any atom is 0.244 e. The van der Waals surface area contributed by atoms with Crippen LogP contribution in [0.1, 0.15) is 48.7 Å². The summed E-state index contributed by atoms with van der Waals surface area (Å²) in [5.74, 6) is 1.09. The van der Waals surface area contributed by atoms with Crippen molar-refractivity contribution in [1.29, 1.82) is 0 Å². The molecule has 1 amide bonds. The van der Waals surface area contributed by atoms with Crippen molar-refractivity contribution in [2.75, 3.05) is 18.9 Å². The summed E-state index contributed by atoms with van der Waals surface area (Å²) in [7, 11) is 0. The van der Waals surface area contributed by atoms with E-state index in [0.717, 1.165) is 43.7 Å². The molecule has 1 aromatic carbocycles. The Balaban J connectivity index is 1.36. The second kappa shape index (κ2) is 11.1. The van der Waals surface area contributed by atoms with Gasteiger partial charge in [0.2, 0.25) is 5.91 Å². The number of nitrogens with zero attached hydrogens (tertiary/aromatic N) is 3. The third kappa shape index (κ3) is 6.81. The van der Waals surface area contributed by atoms with Crippen LogP contribution in [0.25, 0.3) is 0 Å². The molecule has 1 fully saturated rings. The summed E-state index contributed by atoms with van der Waals surface area (Å²) in [4.78, 5) is 32.1. The Morgan fingerprint density at radius 2 is 2.07 bits per heavy atom. The molecule has 1 aliphatic rings. The largest absolute Gasteiger partial charge is 0.494 e. The smallest absolute Gasteiger partial charge is 0.244 e. The maximum atomic E-state index is 12.3. The Hall–Kier alpha value is -2.45. The van der Waals surface area contributed by atoms with Gasteiger partial charge >= 0.3 is 0 Å². The van der Waals surface area contributed by atoms with Gasteiger partial charge < -0.3 is 4.74 Å². The second-order valence-electron chi connectivity index (χ2n) is 7.36. The molecule has 0 spiro atoms. The summed E-state index contributed by atoms with van der Waals surface area (Å²) < 4.78 is 5.78. The molecule has 1 saturated heterocycles. The number of ketones is 1. The first-order valence-corrected chi connectivity index (χ1v) is 11.2. The van der Waals surface area contributed by atoms with Gasteiger partial charge in [-0.1, -0.05) is 11.8 Å². The minimum Gasteiger partial charge on any atom is -0.494 e. The van der Waals surface area contributed by atoms with Crippen molar-refractivity contribution >= 4 is 23.5 Å². The summed E-state index contributed by atoms with van der Waals surface area (Å²) in [5, 5.41) is 2.68. The highest BCUT2D eigenvalue weighted by molar-refractivity contribution is 7.99. The van der Waals surface area contributed by atoms with Gasteiger partial charge in [-0.25, -0.2) is 15.0 Å². The molecule has 0 radical (unpaired) electrons. The first-order valence-electron chi connectivity index (χ1n) is 10.2. The van der Waals surface area contributed by atoms with Gasteiger partial charge in [0.1, 0.15) is 5.75 Å². The molecule has 1 unspecified atom stereocenters. The SMILES string of the molecule is CC(=O)c1ccc(OCCCC2CCCN2NC(=O)CSc2nccc(C)n2)cc1. The summed E-state index contributed by atoms with van der Waals surface area (Å²) in [6, 6.07) is 9.39. The van der Waals surface area contributed by atoms with E-state index in [1.165, 1.54) is 11.8 Å². The Morgan fingerprint density at radius 3 is 2.80 bits per heavy atom. The molecule has 0 bridgehead atoms. The van der Waals surface area contributed by atoms with Crippen LogP contribution in [0.3, 0.4) is 0 Å². The summed E-state index contributed by atoms with van der Waals surface area (Å²) in [6.45, 7) is 4.94. The molecule has 0 aliphatic carbocycles. The minimum atomic E-state index is -0.0289. The van der Waals surface area contributed by atoms with E-state index in [4.69, 9.17) is 4.74 Å². The van der Waals surface area contributed by atoms with E-state index in [0.29, 0.717) is 29.1 Å². The van der Waals surface area contributed by atoms with Crippen LogP contribution in [-0.2, 0) is 4.79 Å². The van der Waals surface area contributed by atoms with Crippen LogP contribution in [0.5, 0.6) is 5.75 Å². The highest BCUT2D eigenvalue weighted by atomic mass is 32.2. The molecule has 1 aromatic heterocycles. The molecule has 2 aromatic rings. The fourth-order valence-electron chi connectivity index (χ4n) is 3.40. The lowest BCUT2D eigenvalue weighted by Gasteiger charge is -2.25. The van der Waals surface area contributed by atoms with Crippen molar-refractivity contribution in [2.45, 2.75) is 50.7 Å². The molecule has 0 saturated carbocycles. The molecule has 3 rings (SSSR count). The summed E-state index contributed by atoms with van der Waals surface area (Å²) >= 11 is 1.35. The van der Waals surface area contributed by atoms with Crippen LogP contribution < -0.4 is 10.2 Å². The molecule has 2 heterocycles. The number of hydrogen-bond acceptors (Lipinski definition) is 7. The van der Waals surface area contributed by atoms with Gasteiger partial charge in [-0.3, -0.25) is 15.0 Å². The van der Waals surface area contributed by atoms with Gasteiger partial charge in [0.25, 0.3) is 0 Å². The minimum absolute atomic E-state index is 0.0289. The average Bonchev–Trinajstić information content (AvgIpc) is 3.17. The van der Waals surface area contributed by atoms with Gasteiger partial charge in [-0.05, 0) is 69.9 Å². The fraction of sp³-hybridized carbons (Fsp3) is 0.455. The number of aryl methyl sites for hydroxylation is 1. The molecule has 30 heavy (non-hydrogen) atoms. The van der Waals surface area contributed by atoms with Gasteiger partial charge in [0, 0.05) is 30.0 Å². The van der Waals surface area contributed by atoms with E-state index < -0.39 is 0 Å². The van der Waals surface area contributed by atoms with E-state index in [1.54, 1.807) is 25.3 Å². The number of benzene rings is 1. The fourth-order valence-corrected chi connectivity index (χ4v) is 4.06. The predicted molar refractivity (Wildman–Crippen MR) is 117 cm³/mol. The second-order valence-corrected chi connectivity index (χ2v) is 8.31. The molecular weight excluding hydrogens is 400 g/mol. The third-order valence-corrected chi connectivity index (χ3v) is 5.82. The van der Waals surface area contributed by atoms with Crippen LogP contribution in [0.4, 0.5) is 0 Å². The van der Waals surface area contributed by atoms with E-state index in [2.05, 4.69) is 20.4 Å². The molecular formula is C22H28N4O3S. The third-order valence-electron chi connectivity index (χ3n) is 4.96. The lowest BCUT2D eigenvalue weighted by atomic mass is 10.1. The maximum absolute atomic E-state index is 12.3. The highest BCUT2D eigenvalue weighted by Crippen LogP contribution is 2.20. The standard InChI is InChI=1S/C22H28N4O3S/c1-16-11-12-23-22(24-16)30-15-21(28)25-26-13-3-5-19(26)6-4-14-29-20-9-7-18(8-10-20)17(2)27/h7-12,19H,3-6,13-15H2,1-2H3,(H,25,28). The number of carbonyl (C=O) groups is 2. The summed E-state index contributed by atoms with van der Waals surface area (Å²) in [5.41, 5.74) is 4.61. The number of hydrazine groups is 1. The Morgan fingerprint density at radius 1 is 1.27 bits per heavy atom. The van der Waals surface area contributed by atoms with Crippen LogP contribution in [0.2, 0.25) is 0 Å². The number of amides is 1. The zero-order chi connectivity index (χ0) is 21.3. The number of carbonyl (C=O) groups excluding carboxylic acids is 2. The molecule has 1 N–H and O–H groups in total. The van der Waals surface area contributed by atoms with Crippen LogP contribution in [-0.4, -0.2) is 51.6 Å². The first-order chi connectivity index (χ1) is 14.5. The van der Waals surface area contributed by atoms with Crippen molar-refractivity contribution in [3.8, 4) is 5.75 Å². The number of hydrogen-bond donors (Lipinski definition) is 1. The Bertz CT molecular complexity index is 860. The highest BCUT2D eigenvalue weighted by Gasteiger charge is 2.25. The zero-order valence-corrected chi connectivity index (χ0v) is 18.3. The van der Waals surface area contributed by atoms with E-state index >= 15 is 0 Å². The van der Waals surface area contributed by atoms with Crippen LogP contribution in [0, 0.1) is 6.92 Å². The molecule has 7 nitrogen and oxygen atoms in total. The number of rotatable bonds is 10. The van der Waals surface area contributed by atoms with Crippen LogP contribution >= 0.6 is 11.8 Å². The lowest BCUT2D eigenvalue weighted by molar-refractivity contribution is -0.123. The van der Waals surface area contributed by atoms with Crippen LogP contribution in [0.15, 0.2) is 41.7 Å². The number of nitrogens with one attached hydrogen (secondary N) is 1. The Labute approximate surface area is 181 Å². The van der Waals surface area contributed by atoms with Gasteiger partial charge in [0.15, 0.2) is 10.9 Å². The summed E-state index contributed by atoms with van der Waals surface area (Å²) in [6.07, 6.45) is 5.71. The Kier molecular flexibility index (Phi) is 8.21. The van der Waals surface area contributed by atoms with Gasteiger partial charge in [0.05, 0.1) is 12.4 Å². The lowest BCUT2D eigenvalue weighted by Crippen LogP contribution is -2.46. The zero-order valence-electron chi connectivity index (χ0n) is 17.5. The number of aromatic nitrogens is 2. The van der Waals surface area contributed by atoms with Gasteiger partial charge in [-0.2, -0.15) is 0 Å². The van der Waals surface area contributed by atoms with E-state index in [9.17, 15) is 9.59 Å². The molecule has 160 valence electrons. The van der Waals surface area contributed by atoms with Crippen molar-refractivity contribution < 1.29 is 14.3 Å². The average molecular weight is 429 g/mol.